The van der Waals surface area contributed by atoms with Crippen LogP contribution in [0.4, 0.5) is 17.3 Å². The SMILES string of the molecule is O=c1[nH]c2cc(F)cc([B-](F)(F)F)c2[nH]1.[K+]. The first-order chi connectivity index (χ1) is 6.88. The van der Waals surface area contributed by atoms with Gasteiger partial charge in [-0.05, 0) is 6.07 Å². The van der Waals surface area contributed by atoms with Gasteiger partial charge in [0.15, 0.2) is 0 Å². The summed E-state index contributed by atoms with van der Waals surface area (Å²) in [7, 11) is 0. The van der Waals surface area contributed by atoms with Crippen molar-refractivity contribution >= 4 is 23.5 Å². The molecule has 0 amide bonds. The number of aromatic nitrogens is 2. The third-order valence-corrected chi connectivity index (χ3v) is 1.97. The van der Waals surface area contributed by atoms with E-state index in [1.807, 2.05) is 4.98 Å². The van der Waals surface area contributed by atoms with Crippen LogP contribution in [0.3, 0.4) is 0 Å². The van der Waals surface area contributed by atoms with Crippen LogP contribution in [0.15, 0.2) is 16.9 Å². The molecule has 2 N–H and O–H groups in total. The Bertz CT molecular complexity index is 576. The van der Waals surface area contributed by atoms with Crippen LogP contribution in [-0.4, -0.2) is 16.9 Å². The molecule has 0 saturated carbocycles. The van der Waals surface area contributed by atoms with Crippen molar-refractivity contribution in [3.63, 3.8) is 0 Å². The van der Waals surface area contributed by atoms with E-state index in [1.165, 1.54) is 0 Å². The van der Waals surface area contributed by atoms with Crippen molar-refractivity contribution < 1.29 is 68.7 Å². The first-order valence-electron chi connectivity index (χ1n) is 3.99. The molecule has 0 fully saturated rings. The van der Waals surface area contributed by atoms with E-state index in [9.17, 15) is 22.1 Å². The molecule has 2 aromatic rings. The summed E-state index contributed by atoms with van der Waals surface area (Å²) in [5, 5.41) is 0. The quantitative estimate of drug-likeness (QED) is 0.453. The number of rotatable bonds is 1. The fraction of sp³-hybridized carbons (Fsp3) is 0. The van der Waals surface area contributed by atoms with Gasteiger partial charge in [0.1, 0.15) is 5.82 Å². The van der Waals surface area contributed by atoms with E-state index < -0.39 is 29.5 Å². The molecule has 0 aliphatic carbocycles. The summed E-state index contributed by atoms with van der Waals surface area (Å²) in [5.74, 6) is -1.04. The fourth-order valence-electron chi connectivity index (χ4n) is 1.39. The molecular formula is C7H4BF4KN2O. The number of halogens is 4. The largest absolute Gasteiger partial charge is 1.00 e. The Labute approximate surface area is 129 Å². The molecule has 9 heteroatoms. The summed E-state index contributed by atoms with van der Waals surface area (Å²) < 4.78 is 50.2. The smallest absolute Gasteiger partial charge is 0.445 e. The van der Waals surface area contributed by atoms with Crippen molar-refractivity contribution in [1.29, 1.82) is 0 Å². The molecule has 1 heterocycles. The summed E-state index contributed by atoms with van der Waals surface area (Å²) >= 11 is 0. The summed E-state index contributed by atoms with van der Waals surface area (Å²) in [5.41, 5.74) is -2.52. The maximum absolute atomic E-state index is 12.8. The number of benzene rings is 1. The standard InChI is InChI=1S/C7H4BF4N2O.K/c9-3-1-4(8(10,11)12)6-5(2-3)13-7(15)14-6;/h1-2H,(H2,13,14,15);/q-1;+1. The van der Waals surface area contributed by atoms with Gasteiger partial charge in [-0.3, -0.25) is 0 Å². The van der Waals surface area contributed by atoms with E-state index >= 15 is 0 Å². The molecule has 2 rings (SSSR count). The normalized spacial score (nSPS) is 11.5. The Morgan fingerprint density at radius 1 is 1.12 bits per heavy atom. The topological polar surface area (TPSA) is 48.6 Å². The molecule has 1 aromatic heterocycles. The van der Waals surface area contributed by atoms with Gasteiger partial charge in [-0.15, -0.1) is 0 Å². The van der Waals surface area contributed by atoms with Gasteiger partial charge in [0.05, 0.1) is 5.52 Å². The van der Waals surface area contributed by atoms with Crippen LogP contribution in [0.5, 0.6) is 0 Å². The average Bonchev–Trinajstić information content (AvgIpc) is 2.41. The minimum Gasteiger partial charge on any atom is -0.445 e. The second-order valence-corrected chi connectivity index (χ2v) is 3.07. The Kier molecular flexibility index (Phi) is 4.06. The van der Waals surface area contributed by atoms with E-state index in [4.69, 9.17) is 0 Å². The van der Waals surface area contributed by atoms with E-state index in [2.05, 4.69) is 4.98 Å². The first kappa shape index (κ1) is 14.0. The zero-order valence-corrected chi connectivity index (χ0v) is 11.3. The van der Waals surface area contributed by atoms with Gasteiger partial charge < -0.3 is 22.9 Å². The van der Waals surface area contributed by atoms with Crippen LogP contribution in [0.25, 0.3) is 11.0 Å². The van der Waals surface area contributed by atoms with Crippen LogP contribution in [0, 0.1) is 5.82 Å². The number of hydrogen-bond acceptors (Lipinski definition) is 1. The molecule has 80 valence electrons. The zero-order valence-electron chi connectivity index (χ0n) is 8.15. The van der Waals surface area contributed by atoms with Crippen molar-refractivity contribution in [1.82, 2.24) is 9.97 Å². The van der Waals surface area contributed by atoms with E-state index in [0.29, 0.717) is 6.07 Å². The number of nitrogens with one attached hydrogen (secondary N) is 2. The molecule has 0 aliphatic rings. The van der Waals surface area contributed by atoms with Gasteiger partial charge in [-0.2, -0.15) is 0 Å². The summed E-state index contributed by atoms with van der Waals surface area (Å²) in [6, 6.07) is 1.20. The third kappa shape index (κ3) is 2.59. The molecular weight excluding hydrogens is 254 g/mol. The number of aromatic amines is 2. The monoisotopic (exact) mass is 258 g/mol. The number of H-pyrrole nitrogens is 2. The molecule has 0 atom stereocenters. The predicted molar refractivity (Wildman–Crippen MR) is 47.6 cm³/mol. The number of imidazole rings is 1. The number of fused-ring (bicyclic) bond motifs is 1. The molecule has 3 nitrogen and oxygen atoms in total. The van der Waals surface area contributed by atoms with Gasteiger partial charge in [-0.1, -0.05) is 11.5 Å². The van der Waals surface area contributed by atoms with Crippen molar-refractivity contribution in [3.05, 3.63) is 28.4 Å². The number of hydrogen-bond donors (Lipinski definition) is 2. The second-order valence-electron chi connectivity index (χ2n) is 3.07. The van der Waals surface area contributed by atoms with Crippen LogP contribution >= 0.6 is 0 Å². The minimum atomic E-state index is -5.35. The Morgan fingerprint density at radius 3 is 2.31 bits per heavy atom. The van der Waals surface area contributed by atoms with Gasteiger partial charge in [-0.25, -0.2) is 9.18 Å². The summed E-state index contributed by atoms with van der Waals surface area (Å²) in [6.45, 7) is -5.35. The summed E-state index contributed by atoms with van der Waals surface area (Å²) in [4.78, 5) is 14.8. The Morgan fingerprint density at radius 2 is 1.75 bits per heavy atom. The van der Waals surface area contributed by atoms with Crippen LogP contribution in [0.1, 0.15) is 0 Å². The first-order valence-corrected chi connectivity index (χ1v) is 3.99. The maximum Gasteiger partial charge on any atom is 1.00 e. The Hall–Kier alpha value is -0.0887. The van der Waals surface area contributed by atoms with Gasteiger partial charge in [0.2, 0.25) is 0 Å². The second kappa shape index (κ2) is 4.65. The van der Waals surface area contributed by atoms with E-state index in [0.717, 1.165) is 6.07 Å². The molecule has 0 radical (unpaired) electrons. The van der Waals surface area contributed by atoms with Crippen LogP contribution in [-0.2, 0) is 0 Å². The third-order valence-electron chi connectivity index (χ3n) is 1.97. The molecule has 0 unspecified atom stereocenters. The van der Waals surface area contributed by atoms with Crippen molar-refractivity contribution in [2.75, 3.05) is 0 Å². The van der Waals surface area contributed by atoms with Gasteiger partial charge in [0.25, 0.3) is 0 Å². The van der Waals surface area contributed by atoms with Crippen LogP contribution < -0.4 is 62.5 Å². The van der Waals surface area contributed by atoms with Crippen LogP contribution in [0.2, 0.25) is 0 Å². The Balaban J connectivity index is 0.00000128. The fourth-order valence-corrected chi connectivity index (χ4v) is 1.39. The minimum absolute atomic E-state index is 0. The summed E-state index contributed by atoms with van der Waals surface area (Å²) in [6.07, 6.45) is 0. The van der Waals surface area contributed by atoms with Gasteiger partial charge in [0, 0.05) is 5.52 Å². The molecule has 0 spiro atoms. The van der Waals surface area contributed by atoms with E-state index in [1.54, 1.807) is 0 Å². The molecule has 16 heavy (non-hydrogen) atoms. The van der Waals surface area contributed by atoms with Gasteiger partial charge >= 0.3 is 64.1 Å². The van der Waals surface area contributed by atoms with Crippen molar-refractivity contribution in [3.8, 4) is 0 Å². The van der Waals surface area contributed by atoms with E-state index in [-0.39, 0.29) is 56.9 Å². The molecule has 0 bridgehead atoms. The predicted octanol–water partition coefficient (Wildman–Crippen LogP) is -1.95. The molecule has 1 aromatic carbocycles. The van der Waals surface area contributed by atoms with Crippen molar-refractivity contribution in [2.45, 2.75) is 0 Å². The molecule has 0 saturated heterocycles. The zero-order chi connectivity index (χ0) is 11.2. The molecule has 0 aliphatic heterocycles. The maximum atomic E-state index is 12.8. The van der Waals surface area contributed by atoms with Crippen molar-refractivity contribution in [2.24, 2.45) is 0 Å². The average molecular weight is 258 g/mol.